The average Bonchev–Trinajstić information content (AvgIpc) is 2.83. The molecule has 2 heterocycles. The largest absolute Gasteiger partial charge is 0.478 e. The zero-order valence-corrected chi connectivity index (χ0v) is 11.8. The van der Waals surface area contributed by atoms with E-state index in [1.165, 1.54) is 6.07 Å². The van der Waals surface area contributed by atoms with Gasteiger partial charge >= 0.3 is 5.97 Å². The van der Waals surface area contributed by atoms with E-state index in [1.807, 2.05) is 7.05 Å². The first kappa shape index (κ1) is 14.6. The van der Waals surface area contributed by atoms with E-state index in [4.69, 9.17) is 9.52 Å². The van der Waals surface area contributed by atoms with Crippen LogP contribution in [0.25, 0.3) is 0 Å². The van der Waals surface area contributed by atoms with Gasteiger partial charge in [0.15, 0.2) is 5.76 Å². The van der Waals surface area contributed by atoms with Crippen molar-refractivity contribution >= 4 is 11.9 Å². The van der Waals surface area contributed by atoms with Gasteiger partial charge in [-0.3, -0.25) is 4.79 Å². The minimum Gasteiger partial charge on any atom is -0.478 e. The van der Waals surface area contributed by atoms with Crippen LogP contribution in [0.1, 0.15) is 40.7 Å². The molecule has 110 valence electrons. The Balaban J connectivity index is 2.18. The van der Waals surface area contributed by atoms with Crippen LogP contribution in [0.2, 0.25) is 0 Å². The number of carbonyl (C=O) groups excluding carboxylic acids is 1. The summed E-state index contributed by atoms with van der Waals surface area (Å²) in [5, 5.41) is 8.88. The third-order valence-electron chi connectivity index (χ3n) is 3.69. The molecule has 0 aromatic carbocycles. The Kier molecular flexibility index (Phi) is 4.44. The molecule has 6 nitrogen and oxygen atoms in total. The van der Waals surface area contributed by atoms with Gasteiger partial charge in [-0.15, -0.1) is 0 Å². The van der Waals surface area contributed by atoms with E-state index < -0.39 is 5.97 Å². The van der Waals surface area contributed by atoms with Gasteiger partial charge in [0.05, 0.1) is 5.56 Å². The van der Waals surface area contributed by atoms with Crippen molar-refractivity contribution in [3.05, 3.63) is 23.7 Å². The first-order valence-electron chi connectivity index (χ1n) is 6.84. The summed E-state index contributed by atoms with van der Waals surface area (Å²) < 4.78 is 5.12. The van der Waals surface area contributed by atoms with E-state index in [9.17, 15) is 9.59 Å². The molecule has 1 amide bonds. The van der Waals surface area contributed by atoms with Crippen LogP contribution >= 0.6 is 0 Å². The summed E-state index contributed by atoms with van der Waals surface area (Å²) in [5.41, 5.74) is 0.00772. The molecule has 1 N–H and O–H groups in total. The lowest BCUT2D eigenvalue weighted by atomic mass is 10.1. The Morgan fingerprint density at radius 3 is 2.80 bits per heavy atom. The number of hydrogen-bond donors (Lipinski definition) is 1. The summed E-state index contributed by atoms with van der Waals surface area (Å²) in [6, 6.07) is 1.43. The van der Waals surface area contributed by atoms with Crippen molar-refractivity contribution in [1.29, 1.82) is 0 Å². The summed E-state index contributed by atoms with van der Waals surface area (Å²) in [6.45, 7) is 4.51. The molecule has 1 aliphatic rings. The molecule has 1 aliphatic heterocycles. The molecule has 0 aliphatic carbocycles. The molecule has 2 rings (SSSR count). The molecule has 0 spiro atoms. The Bertz CT molecular complexity index is 497. The highest BCUT2D eigenvalue weighted by Gasteiger charge is 2.29. The SMILES string of the molecule is CCC1CN(C)CCCN1C(=O)c1cc(C(=O)O)co1. The molecular formula is C14H20N2O4. The zero-order valence-electron chi connectivity index (χ0n) is 11.8. The number of rotatable bonds is 3. The lowest BCUT2D eigenvalue weighted by Gasteiger charge is -2.29. The summed E-state index contributed by atoms with van der Waals surface area (Å²) in [7, 11) is 2.05. The standard InChI is InChI=1S/C14H20N2O4/c1-3-11-8-15(2)5-4-6-16(11)13(17)12-7-10(9-20-12)14(18)19/h7,9,11H,3-6,8H2,1-2H3,(H,18,19). The van der Waals surface area contributed by atoms with Crippen LogP contribution in [0.5, 0.6) is 0 Å². The third-order valence-corrected chi connectivity index (χ3v) is 3.69. The normalized spacial score (nSPS) is 20.7. The minimum atomic E-state index is -1.09. The number of furan rings is 1. The first-order valence-corrected chi connectivity index (χ1v) is 6.84. The molecule has 0 bridgehead atoms. The lowest BCUT2D eigenvalue weighted by Crippen LogP contribution is -2.43. The van der Waals surface area contributed by atoms with Crippen molar-refractivity contribution in [2.45, 2.75) is 25.8 Å². The summed E-state index contributed by atoms with van der Waals surface area (Å²) >= 11 is 0. The number of amides is 1. The van der Waals surface area contributed by atoms with E-state index in [0.29, 0.717) is 6.54 Å². The Morgan fingerprint density at radius 1 is 1.45 bits per heavy atom. The number of carbonyl (C=O) groups is 2. The highest BCUT2D eigenvalue weighted by atomic mass is 16.4. The average molecular weight is 280 g/mol. The Hall–Kier alpha value is -1.82. The van der Waals surface area contributed by atoms with Gasteiger partial charge in [0.25, 0.3) is 5.91 Å². The fourth-order valence-corrected chi connectivity index (χ4v) is 2.56. The highest BCUT2D eigenvalue weighted by Crippen LogP contribution is 2.17. The summed E-state index contributed by atoms with van der Waals surface area (Å²) in [6.07, 6.45) is 2.88. The second-order valence-corrected chi connectivity index (χ2v) is 5.18. The maximum absolute atomic E-state index is 12.5. The zero-order chi connectivity index (χ0) is 14.7. The smallest absolute Gasteiger partial charge is 0.338 e. The molecule has 1 saturated heterocycles. The molecule has 1 aromatic heterocycles. The summed E-state index contributed by atoms with van der Waals surface area (Å²) in [5.74, 6) is -1.21. The fourth-order valence-electron chi connectivity index (χ4n) is 2.56. The number of carboxylic acid groups (broad SMARTS) is 1. The van der Waals surface area contributed by atoms with Crippen LogP contribution in [0.15, 0.2) is 16.7 Å². The number of hydrogen-bond acceptors (Lipinski definition) is 4. The van der Waals surface area contributed by atoms with Gasteiger partial charge in [-0.1, -0.05) is 6.92 Å². The molecule has 1 fully saturated rings. The van der Waals surface area contributed by atoms with Crippen molar-refractivity contribution in [1.82, 2.24) is 9.80 Å². The topological polar surface area (TPSA) is 74.0 Å². The maximum Gasteiger partial charge on any atom is 0.338 e. The predicted molar refractivity (Wildman–Crippen MR) is 72.9 cm³/mol. The molecule has 20 heavy (non-hydrogen) atoms. The second-order valence-electron chi connectivity index (χ2n) is 5.18. The number of likely N-dealkylation sites (N-methyl/N-ethyl adjacent to an activating group) is 1. The van der Waals surface area contributed by atoms with Gasteiger partial charge < -0.3 is 19.3 Å². The number of carboxylic acids is 1. The molecule has 1 unspecified atom stereocenters. The molecular weight excluding hydrogens is 260 g/mol. The maximum atomic E-state index is 12.5. The van der Waals surface area contributed by atoms with Crippen molar-refractivity contribution in [3.63, 3.8) is 0 Å². The van der Waals surface area contributed by atoms with Crippen LogP contribution in [-0.2, 0) is 0 Å². The van der Waals surface area contributed by atoms with E-state index >= 15 is 0 Å². The van der Waals surface area contributed by atoms with E-state index in [-0.39, 0.29) is 23.3 Å². The molecule has 1 atom stereocenters. The van der Waals surface area contributed by atoms with Crippen LogP contribution in [-0.4, -0.2) is 59.5 Å². The third kappa shape index (κ3) is 3.01. The first-order chi connectivity index (χ1) is 9.52. The van der Waals surface area contributed by atoms with E-state index in [2.05, 4.69) is 11.8 Å². The number of nitrogens with zero attached hydrogens (tertiary/aromatic N) is 2. The molecule has 6 heteroatoms. The van der Waals surface area contributed by atoms with E-state index in [1.54, 1.807) is 4.90 Å². The number of aromatic carboxylic acids is 1. The lowest BCUT2D eigenvalue weighted by molar-refractivity contribution is 0.0642. The van der Waals surface area contributed by atoms with Gasteiger partial charge in [-0.05, 0) is 26.4 Å². The van der Waals surface area contributed by atoms with Crippen LogP contribution in [0.3, 0.4) is 0 Å². The second kappa shape index (κ2) is 6.09. The van der Waals surface area contributed by atoms with Gasteiger partial charge in [0.1, 0.15) is 6.26 Å². The van der Waals surface area contributed by atoms with Crippen LogP contribution < -0.4 is 0 Å². The monoisotopic (exact) mass is 280 g/mol. The molecule has 0 radical (unpaired) electrons. The predicted octanol–water partition coefficient (Wildman–Crippen LogP) is 1.53. The van der Waals surface area contributed by atoms with E-state index in [0.717, 1.165) is 32.2 Å². The van der Waals surface area contributed by atoms with Gasteiger partial charge in [0.2, 0.25) is 0 Å². The van der Waals surface area contributed by atoms with Gasteiger partial charge in [-0.25, -0.2) is 4.79 Å². The van der Waals surface area contributed by atoms with Gasteiger partial charge in [0, 0.05) is 25.2 Å². The Labute approximate surface area is 118 Å². The van der Waals surface area contributed by atoms with Crippen LogP contribution in [0.4, 0.5) is 0 Å². The fraction of sp³-hybridized carbons (Fsp3) is 0.571. The van der Waals surface area contributed by atoms with Gasteiger partial charge in [-0.2, -0.15) is 0 Å². The van der Waals surface area contributed by atoms with Crippen molar-refractivity contribution in [2.75, 3.05) is 26.7 Å². The van der Waals surface area contributed by atoms with Crippen molar-refractivity contribution < 1.29 is 19.1 Å². The van der Waals surface area contributed by atoms with Crippen molar-refractivity contribution in [3.8, 4) is 0 Å². The minimum absolute atomic E-state index is 0.00772. The summed E-state index contributed by atoms with van der Waals surface area (Å²) in [4.78, 5) is 27.3. The quantitative estimate of drug-likeness (QED) is 0.909. The van der Waals surface area contributed by atoms with Crippen LogP contribution in [0, 0.1) is 0 Å². The molecule has 1 aromatic rings. The highest BCUT2D eigenvalue weighted by molar-refractivity contribution is 5.95. The molecule has 0 saturated carbocycles. The Morgan fingerprint density at radius 2 is 2.20 bits per heavy atom. The van der Waals surface area contributed by atoms with Crippen molar-refractivity contribution in [2.24, 2.45) is 0 Å².